The van der Waals surface area contributed by atoms with Gasteiger partial charge >= 0.3 is 18.1 Å². The number of halogens is 3. The lowest BCUT2D eigenvalue weighted by Gasteiger charge is -2.53. The Hall–Kier alpha value is -1.27. The topological polar surface area (TPSA) is 57.6 Å². The second-order valence-corrected chi connectivity index (χ2v) is 4.54. The number of hydrogen-bond acceptors (Lipinski definition) is 2. The molecule has 0 radical (unpaired) electrons. The van der Waals surface area contributed by atoms with Gasteiger partial charge in [0.2, 0.25) is 0 Å². The summed E-state index contributed by atoms with van der Waals surface area (Å²) >= 11 is 0. The van der Waals surface area contributed by atoms with E-state index < -0.39 is 23.5 Å². The van der Waals surface area contributed by atoms with E-state index >= 15 is 0 Å². The molecule has 2 bridgehead atoms. The SMILES string of the molecule is O=C(N1CC2CC(C(=O)O)(C2)C1)C(F)(F)F. The number of rotatable bonds is 1. The summed E-state index contributed by atoms with van der Waals surface area (Å²) in [6.07, 6.45) is -4.16. The van der Waals surface area contributed by atoms with Crippen LogP contribution in [0.2, 0.25) is 0 Å². The third-order valence-corrected chi connectivity index (χ3v) is 3.31. The van der Waals surface area contributed by atoms with Gasteiger partial charge in [-0.25, -0.2) is 0 Å². The van der Waals surface area contributed by atoms with E-state index in [2.05, 4.69) is 0 Å². The second-order valence-electron chi connectivity index (χ2n) is 4.54. The van der Waals surface area contributed by atoms with Crippen molar-refractivity contribution in [3.05, 3.63) is 0 Å². The molecule has 16 heavy (non-hydrogen) atoms. The Morgan fingerprint density at radius 3 is 2.31 bits per heavy atom. The number of carboxylic acids is 1. The molecule has 1 saturated carbocycles. The third kappa shape index (κ3) is 1.54. The van der Waals surface area contributed by atoms with Gasteiger partial charge in [0.25, 0.3) is 0 Å². The van der Waals surface area contributed by atoms with Crippen molar-refractivity contribution in [3.8, 4) is 0 Å². The van der Waals surface area contributed by atoms with Gasteiger partial charge in [-0.05, 0) is 18.8 Å². The van der Waals surface area contributed by atoms with Gasteiger partial charge < -0.3 is 10.0 Å². The largest absolute Gasteiger partial charge is 0.481 e. The number of piperidine rings is 2. The Morgan fingerprint density at radius 2 is 1.88 bits per heavy atom. The highest BCUT2D eigenvalue weighted by Gasteiger charge is 2.58. The van der Waals surface area contributed by atoms with E-state index in [1.54, 1.807) is 0 Å². The van der Waals surface area contributed by atoms with Gasteiger partial charge in [0, 0.05) is 13.1 Å². The summed E-state index contributed by atoms with van der Waals surface area (Å²) in [7, 11) is 0. The number of carbonyl (C=O) groups is 2. The van der Waals surface area contributed by atoms with Crippen LogP contribution in [0, 0.1) is 11.3 Å². The molecular formula is C9H10F3NO3. The standard InChI is InChI=1S/C9H10F3NO3/c10-9(11,12)6(14)13-3-5-1-8(2-5,4-13)7(15)16/h5H,1-4H2,(H,15,16). The number of hydrogen-bond donors (Lipinski definition) is 1. The van der Waals surface area contributed by atoms with Crippen molar-refractivity contribution in [2.45, 2.75) is 19.0 Å². The summed E-state index contributed by atoms with van der Waals surface area (Å²) in [6, 6.07) is 0. The van der Waals surface area contributed by atoms with Crippen molar-refractivity contribution in [3.63, 3.8) is 0 Å². The Kier molecular flexibility index (Phi) is 2.18. The molecule has 1 amide bonds. The second kappa shape index (κ2) is 3.11. The molecule has 0 spiro atoms. The molecular weight excluding hydrogens is 227 g/mol. The first-order valence-electron chi connectivity index (χ1n) is 4.84. The van der Waals surface area contributed by atoms with Crippen molar-refractivity contribution in [1.29, 1.82) is 0 Å². The summed E-state index contributed by atoms with van der Waals surface area (Å²) in [6.45, 7) is -0.301. The lowest BCUT2D eigenvalue weighted by molar-refractivity contribution is -0.199. The maximum atomic E-state index is 12.2. The minimum atomic E-state index is -4.91. The predicted octanol–water partition coefficient (Wildman–Crippen LogP) is 0.872. The molecule has 0 unspecified atom stereocenters. The molecule has 0 atom stereocenters. The minimum absolute atomic E-state index is 0.0212. The maximum Gasteiger partial charge on any atom is 0.471 e. The fraction of sp³-hybridized carbons (Fsp3) is 0.778. The lowest BCUT2D eigenvalue weighted by atomic mass is 9.59. The summed E-state index contributed by atoms with van der Waals surface area (Å²) in [5.74, 6) is -3.14. The van der Waals surface area contributed by atoms with E-state index in [1.165, 1.54) is 0 Å². The van der Waals surface area contributed by atoms with Crippen molar-refractivity contribution in [2.24, 2.45) is 11.3 Å². The Bertz CT molecular complexity index is 346. The zero-order chi connectivity index (χ0) is 12.1. The van der Waals surface area contributed by atoms with E-state index in [4.69, 9.17) is 5.11 Å². The zero-order valence-electron chi connectivity index (χ0n) is 8.25. The normalized spacial score (nSPS) is 33.2. The molecule has 3 fully saturated rings. The van der Waals surface area contributed by atoms with Crippen molar-refractivity contribution >= 4 is 11.9 Å². The lowest BCUT2D eigenvalue weighted by Crippen LogP contribution is -2.62. The number of nitrogens with zero attached hydrogens (tertiary/aromatic N) is 1. The molecule has 2 aliphatic heterocycles. The molecule has 0 aromatic rings. The first kappa shape index (κ1) is 11.2. The van der Waals surface area contributed by atoms with E-state index in [0.717, 1.165) is 0 Å². The highest BCUT2D eigenvalue weighted by Crippen LogP contribution is 2.51. The van der Waals surface area contributed by atoms with Crippen molar-refractivity contribution in [1.82, 2.24) is 4.90 Å². The molecule has 1 aliphatic carbocycles. The van der Waals surface area contributed by atoms with Crippen LogP contribution >= 0.6 is 0 Å². The van der Waals surface area contributed by atoms with Crippen LogP contribution in [0.1, 0.15) is 12.8 Å². The van der Waals surface area contributed by atoms with Crippen LogP contribution in [-0.4, -0.2) is 41.1 Å². The maximum absolute atomic E-state index is 12.2. The monoisotopic (exact) mass is 237 g/mol. The smallest absolute Gasteiger partial charge is 0.471 e. The molecule has 3 aliphatic rings. The number of carbonyl (C=O) groups excluding carboxylic acids is 1. The van der Waals surface area contributed by atoms with E-state index in [9.17, 15) is 22.8 Å². The first-order chi connectivity index (χ1) is 7.24. The van der Waals surface area contributed by atoms with Gasteiger partial charge in [0.05, 0.1) is 5.41 Å². The number of fused-ring (bicyclic) bond motifs is 2. The highest BCUT2D eigenvalue weighted by molar-refractivity contribution is 5.84. The summed E-state index contributed by atoms with van der Waals surface area (Å²) in [5.41, 5.74) is -1.14. The van der Waals surface area contributed by atoms with E-state index in [0.29, 0.717) is 17.7 Å². The average molecular weight is 237 g/mol. The minimum Gasteiger partial charge on any atom is -0.481 e. The number of amides is 1. The fourth-order valence-corrected chi connectivity index (χ4v) is 2.62. The van der Waals surface area contributed by atoms with Gasteiger partial charge in [0.15, 0.2) is 0 Å². The molecule has 90 valence electrons. The van der Waals surface area contributed by atoms with Crippen molar-refractivity contribution in [2.75, 3.05) is 13.1 Å². The van der Waals surface area contributed by atoms with Gasteiger partial charge in [-0.15, -0.1) is 0 Å². The predicted molar refractivity (Wildman–Crippen MR) is 45.4 cm³/mol. The molecule has 2 saturated heterocycles. The van der Waals surface area contributed by atoms with Crippen molar-refractivity contribution < 1.29 is 27.9 Å². The van der Waals surface area contributed by atoms with E-state index in [1.807, 2.05) is 0 Å². The average Bonchev–Trinajstić information content (AvgIpc) is 2.13. The quantitative estimate of drug-likeness (QED) is 0.736. The van der Waals surface area contributed by atoms with E-state index in [-0.39, 0.29) is 19.0 Å². The van der Waals surface area contributed by atoms with Crippen LogP contribution in [-0.2, 0) is 9.59 Å². The first-order valence-corrected chi connectivity index (χ1v) is 4.84. The third-order valence-electron chi connectivity index (χ3n) is 3.31. The highest BCUT2D eigenvalue weighted by atomic mass is 19.4. The Balaban J connectivity index is 2.11. The number of aliphatic carboxylic acids is 1. The van der Waals surface area contributed by atoms with Gasteiger partial charge in [-0.1, -0.05) is 0 Å². The van der Waals surface area contributed by atoms with Gasteiger partial charge in [-0.2, -0.15) is 13.2 Å². The van der Waals surface area contributed by atoms with Gasteiger partial charge in [0.1, 0.15) is 0 Å². The van der Waals surface area contributed by atoms with Gasteiger partial charge in [-0.3, -0.25) is 9.59 Å². The molecule has 1 N–H and O–H groups in total. The summed E-state index contributed by atoms with van der Waals surface area (Å²) in [5, 5.41) is 8.92. The van der Waals surface area contributed by atoms with Crippen LogP contribution in [0.15, 0.2) is 0 Å². The number of carboxylic acid groups (broad SMARTS) is 1. The van der Waals surface area contributed by atoms with Crippen LogP contribution < -0.4 is 0 Å². The summed E-state index contributed by atoms with van der Waals surface area (Å²) < 4.78 is 36.5. The zero-order valence-corrected chi connectivity index (χ0v) is 8.25. The molecule has 0 aromatic carbocycles. The molecule has 0 aromatic heterocycles. The summed E-state index contributed by atoms with van der Waals surface area (Å²) in [4.78, 5) is 22.5. The Labute approximate surface area is 89.0 Å². The molecule has 7 heteroatoms. The Morgan fingerprint density at radius 1 is 1.31 bits per heavy atom. The van der Waals surface area contributed by atoms with Crippen LogP contribution in [0.25, 0.3) is 0 Å². The molecule has 3 rings (SSSR count). The molecule has 2 heterocycles. The number of alkyl halides is 3. The van der Waals surface area contributed by atoms with Crippen LogP contribution in [0.5, 0.6) is 0 Å². The van der Waals surface area contributed by atoms with Crippen LogP contribution in [0.4, 0.5) is 13.2 Å². The molecule has 4 nitrogen and oxygen atoms in total. The van der Waals surface area contributed by atoms with Crippen LogP contribution in [0.3, 0.4) is 0 Å². The fourth-order valence-electron chi connectivity index (χ4n) is 2.62.